The summed E-state index contributed by atoms with van der Waals surface area (Å²) in [6.45, 7) is 4.28. The lowest BCUT2D eigenvalue weighted by molar-refractivity contribution is 0.0949. The molecule has 2 aromatic carbocycles. The van der Waals surface area contributed by atoms with E-state index in [2.05, 4.69) is 56.1 Å². The van der Waals surface area contributed by atoms with E-state index in [0.29, 0.717) is 24.6 Å². The summed E-state index contributed by atoms with van der Waals surface area (Å²) in [5, 5.41) is 14.1. The zero-order valence-electron chi connectivity index (χ0n) is 15.7. The number of likely N-dealkylation sites (tertiary alicyclic amines) is 1. The molecule has 3 aromatic rings. The van der Waals surface area contributed by atoms with Crippen LogP contribution in [-0.2, 0) is 6.54 Å². The van der Waals surface area contributed by atoms with Crippen molar-refractivity contribution >= 4 is 5.91 Å². The van der Waals surface area contributed by atoms with Crippen LogP contribution in [0.5, 0.6) is 0 Å². The highest BCUT2D eigenvalue weighted by Gasteiger charge is 2.23. The van der Waals surface area contributed by atoms with Gasteiger partial charge in [-0.1, -0.05) is 42.5 Å². The average molecular weight is 376 g/mol. The van der Waals surface area contributed by atoms with E-state index in [-0.39, 0.29) is 5.91 Å². The summed E-state index contributed by atoms with van der Waals surface area (Å²) in [5.74, 6) is 0.567. The molecule has 1 aliphatic heterocycles. The molecule has 7 heteroatoms. The Labute approximate surface area is 164 Å². The predicted octanol–water partition coefficient (Wildman–Crippen LogP) is 1.94. The molecule has 1 aromatic heterocycles. The topological polar surface area (TPSA) is 75.9 Å². The van der Waals surface area contributed by atoms with E-state index in [1.54, 1.807) is 11.0 Å². The van der Waals surface area contributed by atoms with Crippen LogP contribution in [0.2, 0.25) is 0 Å². The van der Waals surface area contributed by atoms with Crippen molar-refractivity contribution in [3.05, 3.63) is 77.6 Å². The maximum atomic E-state index is 12.4. The smallest absolute Gasteiger partial charge is 0.251 e. The van der Waals surface area contributed by atoms with Crippen molar-refractivity contribution in [1.82, 2.24) is 30.4 Å². The van der Waals surface area contributed by atoms with Crippen molar-refractivity contribution in [2.75, 3.05) is 26.2 Å². The van der Waals surface area contributed by atoms with Crippen LogP contribution >= 0.6 is 0 Å². The molecule has 4 rings (SSSR count). The highest BCUT2D eigenvalue weighted by atomic mass is 16.1. The molecular formula is C21H24N6O. The summed E-state index contributed by atoms with van der Waals surface area (Å²) in [6.07, 6.45) is 2.75. The molecule has 0 unspecified atom stereocenters. The molecule has 1 fully saturated rings. The first-order valence-corrected chi connectivity index (χ1v) is 9.63. The van der Waals surface area contributed by atoms with Crippen LogP contribution in [0.15, 0.2) is 60.9 Å². The fraction of sp³-hybridized carbons (Fsp3) is 0.333. The molecule has 1 N–H and O–H groups in total. The normalized spacial score (nSPS) is 16.9. The van der Waals surface area contributed by atoms with E-state index in [9.17, 15) is 4.79 Å². The van der Waals surface area contributed by atoms with Crippen LogP contribution in [0.3, 0.4) is 0 Å². The van der Waals surface area contributed by atoms with Crippen molar-refractivity contribution in [3.63, 3.8) is 0 Å². The van der Waals surface area contributed by atoms with Crippen LogP contribution in [-0.4, -0.2) is 57.2 Å². The second kappa shape index (κ2) is 8.75. The van der Waals surface area contributed by atoms with Gasteiger partial charge in [0.05, 0.1) is 6.54 Å². The van der Waals surface area contributed by atoms with Gasteiger partial charge in [-0.05, 0) is 52.6 Å². The van der Waals surface area contributed by atoms with Gasteiger partial charge in [0, 0.05) is 25.2 Å². The highest BCUT2D eigenvalue weighted by molar-refractivity contribution is 5.94. The van der Waals surface area contributed by atoms with Crippen molar-refractivity contribution in [1.29, 1.82) is 0 Å². The Balaban J connectivity index is 1.21. The summed E-state index contributed by atoms with van der Waals surface area (Å²) in [6, 6.07) is 18.2. The lowest BCUT2D eigenvalue weighted by Gasteiger charge is -2.16. The fourth-order valence-corrected chi connectivity index (χ4v) is 3.66. The SMILES string of the molecule is O=C(NCCN1CC[C@H](c2ccccc2)C1)c1ccc(Cn2cnnn2)cc1. The first kappa shape index (κ1) is 18.3. The first-order valence-electron chi connectivity index (χ1n) is 9.63. The Morgan fingerprint density at radius 3 is 2.68 bits per heavy atom. The van der Waals surface area contributed by atoms with Gasteiger partial charge < -0.3 is 10.2 Å². The number of amides is 1. The molecule has 1 amide bonds. The number of carbonyl (C=O) groups is 1. The number of hydrogen-bond donors (Lipinski definition) is 1. The molecule has 28 heavy (non-hydrogen) atoms. The minimum atomic E-state index is -0.0345. The first-order chi connectivity index (χ1) is 13.8. The van der Waals surface area contributed by atoms with E-state index in [1.165, 1.54) is 12.0 Å². The average Bonchev–Trinajstić information content (AvgIpc) is 3.41. The molecule has 144 valence electrons. The van der Waals surface area contributed by atoms with Gasteiger partial charge in [0.15, 0.2) is 0 Å². The number of hydrogen-bond acceptors (Lipinski definition) is 5. The quantitative estimate of drug-likeness (QED) is 0.682. The van der Waals surface area contributed by atoms with Gasteiger partial charge in [-0.15, -0.1) is 5.10 Å². The molecule has 0 radical (unpaired) electrons. The van der Waals surface area contributed by atoms with Crippen LogP contribution in [0.4, 0.5) is 0 Å². The molecule has 0 saturated carbocycles. The molecular weight excluding hydrogens is 352 g/mol. The standard InChI is InChI=1S/C21H24N6O/c28-21(19-8-6-17(7-9-19)14-27-16-23-24-25-27)22-11-13-26-12-10-20(15-26)18-4-2-1-3-5-18/h1-9,16,20H,10-15H2,(H,22,28)/t20-/m0/s1. The fourth-order valence-electron chi connectivity index (χ4n) is 3.66. The third kappa shape index (κ3) is 4.61. The molecule has 1 saturated heterocycles. The van der Waals surface area contributed by atoms with Crippen molar-refractivity contribution in [2.24, 2.45) is 0 Å². The second-order valence-electron chi connectivity index (χ2n) is 7.16. The van der Waals surface area contributed by atoms with Gasteiger partial charge in [-0.25, -0.2) is 4.68 Å². The largest absolute Gasteiger partial charge is 0.351 e. The van der Waals surface area contributed by atoms with Crippen LogP contribution in [0.1, 0.15) is 33.8 Å². The van der Waals surface area contributed by atoms with Gasteiger partial charge >= 0.3 is 0 Å². The van der Waals surface area contributed by atoms with Gasteiger partial charge in [0.25, 0.3) is 5.91 Å². The zero-order valence-corrected chi connectivity index (χ0v) is 15.7. The van der Waals surface area contributed by atoms with Crippen LogP contribution in [0.25, 0.3) is 0 Å². The van der Waals surface area contributed by atoms with Crippen LogP contribution < -0.4 is 5.32 Å². The monoisotopic (exact) mass is 376 g/mol. The van der Waals surface area contributed by atoms with Crippen molar-refractivity contribution in [3.8, 4) is 0 Å². The Morgan fingerprint density at radius 1 is 1.11 bits per heavy atom. The Bertz CT molecular complexity index is 879. The lowest BCUT2D eigenvalue weighted by atomic mass is 9.99. The van der Waals surface area contributed by atoms with E-state index >= 15 is 0 Å². The Hall–Kier alpha value is -3.06. The Morgan fingerprint density at radius 2 is 1.93 bits per heavy atom. The minimum Gasteiger partial charge on any atom is -0.351 e. The molecule has 0 spiro atoms. The molecule has 0 aliphatic carbocycles. The Kier molecular flexibility index (Phi) is 5.72. The van der Waals surface area contributed by atoms with Crippen molar-refractivity contribution < 1.29 is 4.79 Å². The lowest BCUT2D eigenvalue weighted by Crippen LogP contribution is -2.33. The highest BCUT2D eigenvalue weighted by Crippen LogP contribution is 2.26. The molecule has 0 bridgehead atoms. The number of tetrazole rings is 1. The van der Waals surface area contributed by atoms with E-state index in [1.807, 2.05) is 24.3 Å². The number of rotatable bonds is 7. The molecule has 2 heterocycles. The van der Waals surface area contributed by atoms with Gasteiger partial charge in [-0.2, -0.15) is 0 Å². The maximum absolute atomic E-state index is 12.4. The zero-order chi connectivity index (χ0) is 19.2. The number of aromatic nitrogens is 4. The van der Waals surface area contributed by atoms with Crippen LogP contribution in [0, 0.1) is 0 Å². The summed E-state index contributed by atoms with van der Waals surface area (Å²) in [5.41, 5.74) is 3.13. The third-order valence-corrected chi connectivity index (χ3v) is 5.21. The van der Waals surface area contributed by atoms with E-state index in [0.717, 1.165) is 25.2 Å². The van der Waals surface area contributed by atoms with Gasteiger partial charge in [0.1, 0.15) is 6.33 Å². The minimum absolute atomic E-state index is 0.0345. The summed E-state index contributed by atoms with van der Waals surface area (Å²) in [7, 11) is 0. The summed E-state index contributed by atoms with van der Waals surface area (Å²) in [4.78, 5) is 14.8. The van der Waals surface area contributed by atoms with Gasteiger partial charge in [-0.3, -0.25) is 4.79 Å². The number of carbonyl (C=O) groups excluding carboxylic acids is 1. The van der Waals surface area contributed by atoms with E-state index in [4.69, 9.17) is 0 Å². The van der Waals surface area contributed by atoms with Crippen molar-refractivity contribution in [2.45, 2.75) is 18.9 Å². The maximum Gasteiger partial charge on any atom is 0.251 e. The molecule has 1 atom stereocenters. The summed E-state index contributed by atoms with van der Waals surface area (Å²) >= 11 is 0. The predicted molar refractivity (Wildman–Crippen MR) is 106 cm³/mol. The van der Waals surface area contributed by atoms with E-state index < -0.39 is 0 Å². The van der Waals surface area contributed by atoms with Gasteiger partial charge in [0.2, 0.25) is 0 Å². The third-order valence-electron chi connectivity index (χ3n) is 5.21. The molecule has 1 aliphatic rings. The number of nitrogens with zero attached hydrogens (tertiary/aromatic N) is 5. The molecule has 7 nitrogen and oxygen atoms in total. The number of benzene rings is 2. The summed E-state index contributed by atoms with van der Waals surface area (Å²) < 4.78 is 1.65. The number of nitrogens with one attached hydrogen (secondary N) is 1. The second-order valence-corrected chi connectivity index (χ2v) is 7.16.